The van der Waals surface area contributed by atoms with Gasteiger partial charge in [-0.05, 0) is 37.5 Å². The number of carbonyl (C=O) groups excluding carboxylic acids is 4. The van der Waals surface area contributed by atoms with E-state index < -0.39 is 97.5 Å². The number of rotatable bonds is 60. The van der Waals surface area contributed by atoms with Crippen molar-refractivity contribution in [1.29, 1.82) is 0 Å². The highest BCUT2D eigenvalue weighted by molar-refractivity contribution is 7.47. The number of unbranched alkanes of at least 4 members (excludes halogenated alkanes) is 29. The number of hydrogen-bond donors (Lipinski definition) is 3. The van der Waals surface area contributed by atoms with Gasteiger partial charge in [0.1, 0.15) is 19.3 Å². The van der Waals surface area contributed by atoms with Gasteiger partial charge < -0.3 is 33.8 Å². The number of aliphatic hydroxyl groups excluding tert-OH is 1. The molecule has 0 saturated heterocycles. The van der Waals surface area contributed by atoms with Gasteiger partial charge in [0, 0.05) is 25.7 Å². The third-order valence-electron chi connectivity index (χ3n) is 14.3. The molecule has 0 amide bonds. The van der Waals surface area contributed by atoms with E-state index in [1.807, 2.05) is 0 Å². The van der Waals surface area contributed by atoms with Gasteiger partial charge in [0.2, 0.25) is 0 Å². The number of ether oxygens (including phenoxy) is 4. The van der Waals surface area contributed by atoms with Crippen molar-refractivity contribution in [2.45, 2.75) is 317 Å². The van der Waals surface area contributed by atoms with E-state index in [0.29, 0.717) is 25.7 Å². The predicted molar refractivity (Wildman–Crippen MR) is 317 cm³/mol. The Kier molecular flexibility index (Phi) is 52.5. The van der Waals surface area contributed by atoms with Crippen LogP contribution in [0.25, 0.3) is 0 Å². The van der Waals surface area contributed by atoms with Gasteiger partial charge in [-0.1, -0.05) is 247 Å². The molecule has 0 spiro atoms. The Morgan fingerprint density at radius 1 is 0.362 bits per heavy atom. The quantitative estimate of drug-likeness (QED) is 0.0222. The zero-order valence-electron chi connectivity index (χ0n) is 51.4. The topological polar surface area (TPSA) is 237 Å². The first-order valence-corrected chi connectivity index (χ1v) is 35.0. The average Bonchev–Trinajstić information content (AvgIpc) is 3.42. The zero-order chi connectivity index (χ0) is 59.4. The fourth-order valence-corrected chi connectivity index (χ4v) is 10.5. The summed E-state index contributed by atoms with van der Waals surface area (Å²) in [6, 6.07) is 0. The van der Waals surface area contributed by atoms with E-state index in [9.17, 15) is 43.2 Å². The van der Waals surface area contributed by atoms with Crippen molar-refractivity contribution in [3.8, 4) is 0 Å². The fourth-order valence-electron chi connectivity index (χ4n) is 8.97. The van der Waals surface area contributed by atoms with E-state index in [2.05, 4.69) is 41.5 Å². The molecule has 0 fully saturated rings. The van der Waals surface area contributed by atoms with Crippen LogP contribution < -0.4 is 0 Å². The summed E-state index contributed by atoms with van der Waals surface area (Å²) < 4.78 is 67.8. The molecule has 0 aliphatic carbocycles. The van der Waals surface area contributed by atoms with E-state index in [1.165, 1.54) is 103 Å². The van der Waals surface area contributed by atoms with Gasteiger partial charge >= 0.3 is 39.5 Å². The van der Waals surface area contributed by atoms with E-state index in [0.717, 1.165) is 115 Å². The molecule has 0 saturated carbocycles. The lowest BCUT2D eigenvalue weighted by atomic mass is 10.00. The number of esters is 4. The van der Waals surface area contributed by atoms with E-state index in [-0.39, 0.29) is 25.7 Å². The molecular formula is C61H118O17P2. The first kappa shape index (κ1) is 78.1. The fraction of sp³-hybridized carbons (Fsp3) is 0.934. The molecule has 6 atom stereocenters. The summed E-state index contributed by atoms with van der Waals surface area (Å²) >= 11 is 0. The SMILES string of the molecule is CCCCCCCCCCCC(=O)O[C@H](COC(=O)CCCCCCCCCC)COP(=O)(O)OC[C@H](O)COP(=O)(O)OC[C@@H](COC(=O)CCCCCCCCC(C)CC)OC(=O)CCCCCCCCCCCCC(C)C. The maximum atomic E-state index is 12.9. The monoisotopic (exact) mass is 1180 g/mol. The van der Waals surface area contributed by atoms with Crippen LogP contribution in [0.4, 0.5) is 0 Å². The lowest BCUT2D eigenvalue weighted by Crippen LogP contribution is -2.30. The smallest absolute Gasteiger partial charge is 0.462 e. The summed E-state index contributed by atoms with van der Waals surface area (Å²) in [5.74, 6) is -0.659. The highest BCUT2D eigenvalue weighted by Gasteiger charge is 2.30. The van der Waals surface area contributed by atoms with Crippen LogP contribution in [0.15, 0.2) is 0 Å². The van der Waals surface area contributed by atoms with Crippen LogP contribution in [0.5, 0.6) is 0 Å². The Bertz CT molecular complexity index is 1580. The largest absolute Gasteiger partial charge is 0.472 e. The molecule has 17 nitrogen and oxygen atoms in total. The number of phosphoric ester groups is 2. The minimum absolute atomic E-state index is 0.105. The molecule has 19 heteroatoms. The second-order valence-electron chi connectivity index (χ2n) is 22.8. The molecule has 0 aromatic rings. The van der Waals surface area contributed by atoms with Crippen molar-refractivity contribution in [2.24, 2.45) is 11.8 Å². The maximum Gasteiger partial charge on any atom is 0.472 e. The molecule has 474 valence electrons. The summed E-state index contributed by atoms with van der Waals surface area (Å²) in [6.45, 7) is 9.38. The zero-order valence-corrected chi connectivity index (χ0v) is 53.2. The first-order valence-electron chi connectivity index (χ1n) is 32.0. The third-order valence-corrected chi connectivity index (χ3v) is 16.2. The molecule has 0 bridgehead atoms. The Hall–Kier alpha value is -1.94. The van der Waals surface area contributed by atoms with Gasteiger partial charge in [-0.15, -0.1) is 0 Å². The van der Waals surface area contributed by atoms with Crippen LogP contribution in [-0.2, 0) is 65.4 Å². The summed E-state index contributed by atoms with van der Waals surface area (Å²) in [4.78, 5) is 72.0. The summed E-state index contributed by atoms with van der Waals surface area (Å²) in [5.41, 5.74) is 0. The van der Waals surface area contributed by atoms with Gasteiger partial charge in [-0.3, -0.25) is 37.3 Å². The van der Waals surface area contributed by atoms with Crippen LogP contribution in [0.1, 0.15) is 298 Å². The van der Waals surface area contributed by atoms with Crippen LogP contribution in [0, 0.1) is 11.8 Å². The molecule has 0 aromatic carbocycles. The number of hydrogen-bond acceptors (Lipinski definition) is 15. The minimum Gasteiger partial charge on any atom is -0.462 e. The molecule has 3 unspecified atom stereocenters. The highest BCUT2D eigenvalue weighted by Crippen LogP contribution is 2.45. The van der Waals surface area contributed by atoms with E-state index in [4.69, 9.17) is 37.0 Å². The lowest BCUT2D eigenvalue weighted by Gasteiger charge is -2.21. The normalized spacial score (nSPS) is 14.7. The first-order chi connectivity index (χ1) is 38.4. The third kappa shape index (κ3) is 54.0. The van der Waals surface area contributed by atoms with Gasteiger partial charge in [0.15, 0.2) is 12.2 Å². The van der Waals surface area contributed by atoms with Crippen molar-refractivity contribution in [2.75, 3.05) is 39.6 Å². The Labute approximate surface area is 486 Å². The molecule has 0 heterocycles. The van der Waals surface area contributed by atoms with Crippen LogP contribution in [-0.4, -0.2) is 96.7 Å². The van der Waals surface area contributed by atoms with Crippen molar-refractivity contribution in [1.82, 2.24) is 0 Å². The van der Waals surface area contributed by atoms with Crippen LogP contribution in [0.3, 0.4) is 0 Å². The molecule has 0 aromatic heterocycles. The summed E-state index contributed by atoms with van der Waals surface area (Å²) in [6.07, 6.45) is 34.9. The average molecular weight is 1190 g/mol. The highest BCUT2D eigenvalue weighted by atomic mass is 31.2. The van der Waals surface area contributed by atoms with E-state index in [1.54, 1.807) is 0 Å². The molecule has 0 aliphatic rings. The number of aliphatic hydroxyl groups is 1. The maximum absolute atomic E-state index is 12.9. The Balaban J connectivity index is 5.23. The lowest BCUT2D eigenvalue weighted by molar-refractivity contribution is -0.161. The standard InChI is InChI=1S/C61H118O17P2/c1-7-10-12-14-16-20-25-33-39-45-60(65)77-56(49-71-58(63)43-37-31-24-17-15-13-11-8-2)51-75-79(67,68)73-47-55(62)48-74-80(69,70)76-52-57(50-72-59(64)44-38-32-28-27-30-36-42-54(6)9-3)78-61(66)46-40-34-26-22-19-18-21-23-29-35-41-53(4)5/h53-57,62H,7-52H2,1-6H3,(H,67,68)(H,69,70)/t54?,55-,56+,57+/m0/s1. The van der Waals surface area contributed by atoms with Crippen LogP contribution >= 0.6 is 15.6 Å². The van der Waals surface area contributed by atoms with Crippen LogP contribution in [0.2, 0.25) is 0 Å². The summed E-state index contributed by atoms with van der Waals surface area (Å²) in [7, 11) is -9.88. The van der Waals surface area contributed by atoms with Gasteiger partial charge in [0.05, 0.1) is 26.4 Å². The Morgan fingerprint density at radius 3 is 0.950 bits per heavy atom. The van der Waals surface area contributed by atoms with Crippen molar-refractivity contribution >= 4 is 39.5 Å². The number of carbonyl (C=O) groups is 4. The molecule has 0 rings (SSSR count). The Morgan fingerprint density at radius 2 is 0.637 bits per heavy atom. The van der Waals surface area contributed by atoms with Gasteiger partial charge in [-0.2, -0.15) is 0 Å². The second-order valence-corrected chi connectivity index (χ2v) is 25.7. The molecule has 80 heavy (non-hydrogen) atoms. The molecule has 0 radical (unpaired) electrons. The van der Waals surface area contributed by atoms with Crippen molar-refractivity contribution in [3.63, 3.8) is 0 Å². The van der Waals surface area contributed by atoms with Crippen molar-refractivity contribution in [3.05, 3.63) is 0 Å². The molecular weight excluding hydrogens is 1070 g/mol. The second kappa shape index (κ2) is 53.8. The molecule has 0 aliphatic heterocycles. The number of phosphoric acid groups is 2. The summed E-state index contributed by atoms with van der Waals surface area (Å²) in [5, 5.41) is 10.5. The van der Waals surface area contributed by atoms with Gasteiger partial charge in [-0.25, -0.2) is 9.13 Å². The molecule has 3 N–H and O–H groups in total. The van der Waals surface area contributed by atoms with Gasteiger partial charge in [0.25, 0.3) is 0 Å². The predicted octanol–water partition coefficient (Wildman–Crippen LogP) is 16.5. The van der Waals surface area contributed by atoms with Crippen molar-refractivity contribution < 1.29 is 80.2 Å². The minimum atomic E-state index is -4.94. The van der Waals surface area contributed by atoms with E-state index >= 15 is 0 Å².